The second kappa shape index (κ2) is 6.12. The van der Waals surface area contributed by atoms with Crippen molar-refractivity contribution >= 4 is 11.6 Å². The van der Waals surface area contributed by atoms with Gasteiger partial charge in [-0.3, -0.25) is 0 Å². The highest BCUT2D eigenvalue weighted by Gasteiger charge is 2.11. The van der Waals surface area contributed by atoms with Crippen molar-refractivity contribution < 1.29 is 4.74 Å². The lowest BCUT2D eigenvalue weighted by atomic mass is 10.0. The van der Waals surface area contributed by atoms with Crippen molar-refractivity contribution in [3.05, 3.63) is 29.3 Å². The molecule has 0 aliphatic carbocycles. The van der Waals surface area contributed by atoms with Gasteiger partial charge in [0, 0.05) is 11.1 Å². The van der Waals surface area contributed by atoms with E-state index in [-0.39, 0.29) is 0 Å². The van der Waals surface area contributed by atoms with Crippen LogP contribution in [0.2, 0.25) is 5.02 Å². The van der Waals surface area contributed by atoms with E-state index in [1.807, 2.05) is 24.3 Å². The number of hydrogen-bond acceptors (Lipinski definition) is 2. The molecular formula is C13H18ClNO. The lowest BCUT2D eigenvalue weighted by Crippen LogP contribution is -2.35. The standard InChI is InChI=1S/C13H18ClNO/c14-11-4-6-13(7-5-11)16-10-8-12-3-1-2-9-15-12/h4-7,12,15H,1-3,8-10H2/t12-/m1/s1. The first kappa shape index (κ1) is 11.7. The molecule has 0 aromatic heterocycles. The summed E-state index contributed by atoms with van der Waals surface area (Å²) in [6.45, 7) is 1.94. The summed E-state index contributed by atoms with van der Waals surface area (Å²) in [6.07, 6.45) is 5.03. The Balaban J connectivity index is 1.69. The Bertz CT molecular complexity index is 306. The lowest BCUT2D eigenvalue weighted by molar-refractivity contribution is 0.268. The molecule has 1 aliphatic rings. The van der Waals surface area contributed by atoms with Gasteiger partial charge in [-0.25, -0.2) is 0 Å². The summed E-state index contributed by atoms with van der Waals surface area (Å²) in [5, 5.41) is 4.26. The highest BCUT2D eigenvalue weighted by Crippen LogP contribution is 2.16. The third-order valence-electron chi connectivity index (χ3n) is 2.96. The summed E-state index contributed by atoms with van der Waals surface area (Å²) >= 11 is 5.80. The van der Waals surface area contributed by atoms with E-state index in [9.17, 15) is 0 Å². The first-order valence-electron chi connectivity index (χ1n) is 5.96. The van der Waals surface area contributed by atoms with Crippen molar-refractivity contribution in [2.45, 2.75) is 31.7 Å². The zero-order valence-corrected chi connectivity index (χ0v) is 10.2. The van der Waals surface area contributed by atoms with Crippen LogP contribution in [0.15, 0.2) is 24.3 Å². The van der Waals surface area contributed by atoms with Gasteiger partial charge in [0.2, 0.25) is 0 Å². The average molecular weight is 240 g/mol. The number of nitrogens with one attached hydrogen (secondary N) is 1. The third kappa shape index (κ3) is 3.69. The molecule has 1 N–H and O–H groups in total. The fourth-order valence-corrected chi connectivity index (χ4v) is 2.15. The summed E-state index contributed by atoms with van der Waals surface area (Å²) in [4.78, 5) is 0. The largest absolute Gasteiger partial charge is 0.494 e. The van der Waals surface area contributed by atoms with Gasteiger partial charge in [-0.2, -0.15) is 0 Å². The Morgan fingerprint density at radius 2 is 2.06 bits per heavy atom. The van der Waals surface area contributed by atoms with E-state index in [0.29, 0.717) is 6.04 Å². The van der Waals surface area contributed by atoms with E-state index >= 15 is 0 Å². The van der Waals surface area contributed by atoms with Gasteiger partial charge >= 0.3 is 0 Å². The molecule has 1 fully saturated rings. The van der Waals surface area contributed by atoms with Crippen molar-refractivity contribution in [2.24, 2.45) is 0 Å². The molecule has 1 aromatic rings. The summed E-state index contributed by atoms with van der Waals surface area (Å²) in [6, 6.07) is 8.18. The predicted octanol–water partition coefficient (Wildman–Crippen LogP) is 3.25. The maximum absolute atomic E-state index is 5.80. The number of benzene rings is 1. The molecule has 1 heterocycles. The number of hydrogen-bond donors (Lipinski definition) is 1. The molecule has 0 radical (unpaired) electrons. The molecular weight excluding hydrogens is 222 g/mol. The summed E-state index contributed by atoms with van der Waals surface area (Å²) < 4.78 is 5.67. The fourth-order valence-electron chi connectivity index (χ4n) is 2.02. The Morgan fingerprint density at radius 1 is 1.25 bits per heavy atom. The van der Waals surface area contributed by atoms with Crippen LogP contribution in [-0.4, -0.2) is 19.2 Å². The molecule has 2 rings (SSSR count). The first-order chi connectivity index (χ1) is 7.84. The highest BCUT2D eigenvalue weighted by molar-refractivity contribution is 6.30. The normalized spacial score (nSPS) is 20.7. The summed E-state index contributed by atoms with van der Waals surface area (Å²) in [7, 11) is 0. The number of piperidine rings is 1. The molecule has 3 heteroatoms. The fraction of sp³-hybridized carbons (Fsp3) is 0.538. The number of rotatable bonds is 4. The van der Waals surface area contributed by atoms with Crippen molar-refractivity contribution in [1.82, 2.24) is 5.32 Å². The quantitative estimate of drug-likeness (QED) is 0.871. The Kier molecular flexibility index (Phi) is 4.49. The molecule has 1 atom stereocenters. The SMILES string of the molecule is Clc1ccc(OCC[C@H]2CCCCN2)cc1. The number of halogens is 1. The van der Waals surface area contributed by atoms with Gasteiger partial charge in [0.1, 0.15) is 5.75 Å². The van der Waals surface area contributed by atoms with Crippen LogP contribution in [0.4, 0.5) is 0 Å². The second-order valence-corrected chi connectivity index (χ2v) is 4.67. The van der Waals surface area contributed by atoms with Gasteiger partial charge in [0.15, 0.2) is 0 Å². The third-order valence-corrected chi connectivity index (χ3v) is 3.21. The van der Waals surface area contributed by atoms with E-state index in [1.165, 1.54) is 19.3 Å². The van der Waals surface area contributed by atoms with E-state index in [1.54, 1.807) is 0 Å². The van der Waals surface area contributed by atoms with E-state index in [0.717, 1.165) is 30.3 Å². The zero-order valence-electron chi connectivity index (χ0n) is 9.42. The van der Waals surface area contributed by atoms with Crippen LogP contribution < -0.4 is 10.1 Å². The average Bonchev–Trinajstić information content (AvgIpc) is 2.33. The molecule has 88 valence electrons. The van der Waals surface area contributed by atoms with Crippen LogP contribution in [0.25, 0.3) is 0 Å². The molecule has 0 bridgehead atoms. The van der Waals surface area contributed by atoms with Crippen molar-refractivity contribution in [3.8, 4) is 5.75 Å². The van der Waals surface area contributed by atoms with E-state index in [2.05, 4.69) is 5.32 Å². The Morgan fingerprint density at radius 3 is 2.75 bits per heavy atom. The molecule has 16 heavy (non-hydrogen) atoms. The van der Waals surface area contributed by atoms with Gasteiger partial charge in [-0.1, -0.05) is 18.0 Å². The van der Waals surface area contributed by atoms with Crippen LogP contribution in [-0.2, 0) is 0 Å². The summed E-state index contributed by atoms with van der Waals surface area (Å²) in [5.41, 5.74) is 0. The molecule has 2 nitrogen and oxygen atoms in total. The van der Waals surface area contributed by atoms with Gasteiger partial charge in [0.25, 0.3) is 0 Å². The number of ether oxygens (including phenoxy) is 1. The lowest BCUT2D eigenvalue weighted by Gasteiger charge is -2.23. The van der Waals surface area contributed by atoms with Crippen molar-refractivity contribution in [2.75, 3.05) is 13.2 Å². The van der Waals surface area contributed by atoms with Gasteiger partial charge in [-0.15, -0.1) is 0 Å². The zero-order chi connectivity index (χ0) is 11.2. The maximum atomic E-state index is 5.80. The van der Waals surface area contributed by atoms with E-state index < -0.39 is 0 Å². The minimum atomic E-state index is 0.640. The highest BCUT2D eigenvalue weighted by atomic mass is 35.5. The molecule has 1 aliphatic heterocycles. The molecule has 0 unspecified atom stereocenters. The molecule has 1 saturated heterocycles. The van der Waals surface area contributed by atoms with Gasteiger partial charge < -0.3 is 10.1 Å². The molecule has 0 amide bonds. The molecule has 0 saturated carbocycles. The van der Waals surface area contributed by atoms with Crippen LogP contribution in [0.3, 0.4) is 0 Å². The topological polar surface area (TPSA) is 21.3 Å². The van der Waals surface area contributed by atoms with E-state index in [4.69, 9.17) is 16.3 Å². The van der Waals surface area contributed by atoms with Crippen LogP contribution in [0.1, 0.15) is 25.7 Å². The first-order valence-corrected chi connectivity index (χ1v) is 6.34. The predicted molar refractivity (Wildman–Crippen MR) is 67.2 cm³/mol. The van der Waals surface area contributed by atoms with Crippen LogP contribution in [0, 0.1) is 0 Å². The monoisotopic (exact) mass is 239 g/mol. The Labute approximate surface area is 102 Å². The smallest absolute Gasteiger partial charge is 0.119 e. The minimum Gasteiger partial charge on any atom is -0.494 e. The van der Waals surface area contributed by atoms with Crippen LogP contribution >= 0.6 is 11.6 Å². The molecule has 0 spiro atoms. The van der Waals surface area contributed by atoms with Crippen molar-refractivity contribution in [1.29, 1.82) is 0 Å². The van der Waals surface area contributed by atoms with Crippen molar-refractivity contribution in [3.63, 3.8) is 0 Å². The minimum absolute atomic E-state index is 0.640. The van der Waals surface area contributed by atoms with Gasteiger partial charge in [-0.05, 0) is 50.1 Å². The Hall–Kier alpha value is -0.730. The second-order valence-electron chi connectivity index (χ2n) is 4.24. The van der Waals surface area contributed by atoms with Crippen LogP contribution in [0.5, 0.6) is 5.75 Å². The maximum Gasteiger partial charge on any atom is 0.119 e. The summed E-state index contributed by atoms with van der Waals surface area (Å²) in [5.74, 6) is 0.903. The van der Waals surface area contributed by atoms with Gasteiger partial charge in [0.05, 0.1) is 6.61 Å². The molecule has 1 aromatic carbocycles.